The zero-order chi connectivity index (χ0) is 13.2. The average molecular weight is 398 g/mol. The molecule has 1 aromatic carbocycles. The molecular formula is C11H11IO4S2. The van der Waals surface area contributed by atoms with Crippen LogP contribution in [0, 0.1) is 9.81 Å². The minimum atomic E-state index is -3.88. The molecule has 0 fully saturated rings. The molecule has 0 unspecified atom stereocenters. The fourth-order valence-corrected chi connectivity index (χ4v) is 7.11. The molecule has 0 saturated carbocycles. The normalized spacial score (nSPS) is 12.4. The van der Waals surface area contributed by atoms with Crippen LogP contribution in [0.5, 0.6) is 0 Å². The number of hydrogen-bond donors (Lipinski definition) is 1. The third kappa shape index (κ3) is 3.29. The van der Waals surface area contributed by atoms with E-state index < -0.39 is 30.8 Å². The summed E-state index contributed by atoms with van der Waals surface area (Å²) in [5.41, 5.74) is 0.964. The van der Waals surface area contributed by atoms with Crippen molar-refractivity contribution in [2.75, 3.05) is 0 Å². The molecule has 7 heteroatoms. The minimum absolute atomic E-state index is 0.0704. The first-order valence-electron chi connectivity index (χ1n) is 4.93. The number of hydrogen-bond acceptors (Lipinski definition) is 5. The van der Waals surface area contributed by atoms with E-state index in [1.54, 1.807) is 29.6 Å². The summed E-state index contributed by atoms with van der Waals surface area (Å²) in [6.45, 7) is 1.87. The summed E-state index contributed by atoms with van der Waals surface area (Å²) in [7, 11) is -3.88. The Morgan fingerprint density at radius 2 is 1.89 bits per heavy atom. The summed E-state index contributed by atoms with van der Waals surface area (Å²) in [6.07, 6.45) is 0. The van der Waals surface area contributed by atoms with Gasteiger partial charge in [-0.2, -0.15) is 0 Å². The Labute approximate surface area is 118 Å². The van der Waals surface area contributed by atoms with Crippen molar-refractivity contribution >= 4 is 42.1 Å². The molecule has 0 aliphatic heterocycles. The Bertz CT molecular complexity index is 605. The van der Waals surface area contributed by atoms with E-state index in [0.717, 1.165) is 5.56 Å². The number of aryl methyl sites for hydroxylation is 1. The Balaban J connectivity index is 2.20. The van der Waals surface area contributed by atoms with Crippen LogP contribution in [0.15, 0.2) is 46.7 Å². The molecule has 1 heterocycles. The van der Waals surface area contributed by atoms with E-state index in [1.165, 1.54) is 23.5 Å². The van der Waals surface area contributed by atoms with Crippen molar-refractivity contribution in [3.63, 3.8) is 0 Å². The van der Waals surface area contributed by atoms with Crippen molar-refractivity contribution in [3.05, 3.63) is 50.2 Å². The molecule has 0 spiro atoms. The second-order valence-corrected chi connectivity index (χ2v) is 10.2. The van der Waals surface area contributed by atoms with E-state index in [-0.39, 0.29) is 4.90 Å². The molecule has 0 aliphatic carbocycles. The quantitative estimate of drug-likeness (QED) is 0.805. The van der Waals surface area contributed by atoms with Gasteiger partial charge in [0.25, 0.3) is 0 Å². The molecule has 0 radical (unpaired) electrons. The van der Waals surface area contributed by atoms with Crippen LogP contribution in [-0.2, 0) is 12.6 Å². The number of benzene rings is 1. The topological polar surface area (TPSA) is 63.6 Å². The fraction of sp³-hybridized carbons (Fsp3) is 0.0909. The first kappa shape index (κ1) is 13.9. The zero-order valence-electron chi connectivity index (χ0n) is 9.41. The standard InChI is InChI=1S/C11H11IO4S2/c1-9-4-6-10(7-5-9)18(14,15)16-12(13)11-3-2-8-17-11/h2-8,13H,1H3. The molecule has 0 aliphatic rings. The molecule has 0 atom stereocenters. The Morgan fingerprint density at radius 1 is 1.22 bits per heavy atom. The Morgan fingerprint density at radius 3 is 2.44 bits per heavy atom. The van der Waals surface area contributed by atoms with Gasteiger partial charge in [-0.1, -0.05) is 0 Å². The van der Waals surface area contributed by atoms with Crippen molar-refractivity contribution in [2.45, 2.75) is 11.8 Å². The summed E-state index contributed by atoms with van der Waals surface area (Å²) in [5.74, 6) is 0. The van der Waals surface area contributed by atoms with Crippen molar-refractivity contribution < 1.29 is 14.4 Å². The van der Waals surface area contributed by atoms with Gasteiger partial charge in [0.15, 0.2) is 0 Å². The van der Waals surface area contributed by atoms with E-state index in [4.69, 9.17) is 2.51 Å². The zero-order valence-corrected chi connectivity index (χ0v) is 13.2. The molecule has 1 aromatic heterocycles. The van der Waals surface area contributed by atoms with E-state index in [9.17, 15) is 11.9 Å². The van der Waals surface area contributed by atoms with Crippen LogP contribution in [0.25, 0.3) is 0 Å². The van der Waals surface area contributed by atoms with Crippen LogP contribution in [0.1, 0.15) is 5.56 Å². The van der Waals surface area contributed by atoms with Crippen molar-refractivity contribution in [3.8, 4) is 0 Å². The third-order valence-electron chi connectivity index (χ3n) is 2.10. The number of rotatable bonds is 4. The Hall–Kier alpha value is -0.480. The molecule has 0 bridgehead atoms. The van der Waals surface area contributed by atoms with Gasteiger partial charge in [0.2, 0.25) is 0 Å². The summed E-state index contributed by atoms with van der Waals surface area (Å²) >= 11 is -1.77. The van der Waals surface area contributed by atoms with Crippen LogP contribution in [0.2, 0.25) is 0 Å². The molecule has 18 heavy (non-hydrogen) atoms. The van der Waals surface area contributed by atoms with Gasteiger partial charge in [0.1, 0.15) is 0 Å². The summed E-state index contributed by atoms with van der Waals surface area (Å²) in [6, 6.07) is 9.77. The molecule has 0 saturated heterocycles. The summed E-state index contributed by atoms with van der Waals surface area (Å²) in [4.78, 5) is 0.0704. The molecular weight excluding hydrogens is 387 g/mol. The Kier molecular flexibility index (Phi) is 4.38. The molecule has 2 rings (SSSR count). The maximum atomic E-state index is 11.9. The first-order valence-corrected chi connectivity index (χ1v) is 10.1. The third-order valence-corrected chi connectivity index (χ3v) is 9.25. The van der Waals surface area contributed by atoms with E-state index in [1.807, 2.05) is 6.92 Å². The molecule has 0 amide bonds. The molecule has 98 valence electrons. The van der Waals surface area contributed by atoms with E-state index in [2.05, 4.69) is 0 Å². The molecule has 1 N–H and O–H groups in total. The van der Waals surface area contributed by atoms with Gasteiger partial charge in [0.05, 0.1) is 0 Å². The van der Waals surface area contributed by atoms with Crippen molar-refractivity contribution in [1.29, 1.82) is 0 Å². The predicted octanol–water partition coefficient (Wildman–Crippen LogP) is 2.96. The van der Waals surface area contributed by atoms with Crippen molar-refractivity contribution in [1.82, 2.24) is 0 Å². The van der Waals surface area contributed by atoms with E-state index in [0.29, 0.717) is 2.88 Å². The average Bonchev–Trinajstić information content (AvgIpc) is 2.82. The summed E-state index contributed by atoms with van der Waals surface area (Å²) < 4.78 is 39.2. The fourth-order valence-electron chi connectivity index (χ4n) is 1.20. The van der Waals surface area contributed by atoms with Gasteiger partial charge < -0.3 is 0 Å². The monoisotopic (exact) mass is 398 g/mol. The van der Waals surface area contributed by atoms with Gasteiger partial charge in [-0.05, 0) is 0 Å². The van der Waals surface area contributed by atoms with Crippen LogP contribution >= 0.6 is 32.0 Å². The van der Waals surface area contributed by atoms with E-state index >= 15 is 0 Å². The second kappa shape index (κ2) is 5.66. The molecule has 4 nitrogen and oxygen atoms in total. The van der Waals surface area contributed by atoms with Crippen LogP contribution in [0.3, 0.4) is 0 Å². The first-order chi connectivity index (χ1) is 8.49. The predicted molar refractivity (Wildman–Crippen MR) is 78.7 cm³/mol. The van der Waals surface area contributed by atoms with Crippen molar-refractivity contribution in [2.24, 2.45) is 0 Å². The molecule has 2 aromatic rings. The van der Waals surface area contributed by atoms with Crippen LogP contribution in [-0.4, -0.2) is 11.9 Å². The van der Waals surface area contributed by atoms with Crippen LogP contribution < -0.4 is 0 Å². The van der Waals surface area contributed by atoms with Gasteiger partial charge in [-0.15, -0.1) is 0 Å². The summed E-state index contributed by atoms with van der Waals surface area (Å²) in [5, 5.41) is 1.78. The van der Waals surface area contributed by atoms with Gasteiger partial charge in [0, 0.05) is 0 Å². The number of halogens is 1. The number of thiophene rings is 1. The van der Waals surface area contributed by atoms with Crippen LogP contribution in [0.4, 0.5) is 0 Å². The van der Waals surface area contributed by atoms with Gasteiger partial charge in [-0.3, -0.25) is 0 Å². The van der Waals surface area contributed by atoms with Gasteiger partial charge in [-0.25, -0.2) is 0 Å². The SMILES string of the molecule is Cc1ccc(S(=O)(=O)OI(O)c2cccs2)cc1. The maximum absolute atomic E-state index is 11.9. The van der Waals surface area contributed by atoms with Gasteiger partial charge >= 0.3 is 119 Å². The second-order valence-electron chi connectivity index (χ2n) is 3.48.